The smallest absolute Gasteiger partial charge is 0.273 e. The number of anilines is 2. The van der Waals surface area contributed by atoms with Gasteiger partial charge >= 0.3 is 0 Å². The van der Waals surface area contributed by atoms with Gasteiger partial charge in [0.05, 0.1) is 29.1 Å². The molecule has 0 fully saturated rings. The van der Waals surface area contributed by atoms with Crippen LogP contribution in [0.2, 0.25) is 0 Å². The van der Waals surface area contributed by atoms with E-state index >= 15 is 0 Å². The molecule has 4 aromatic rings. The lowest BCUT2D eigenvalue weighted by molar-refractivity contribution is 0.0935. The molecule has 11 nitrogen and oxygen atoms in total. The number of hydrogen-bond donors (Lipinski definition) is 4. The SMILES string of the molecule is CC(NC(=O)c1cc(C#N)cnc1NCc1ccc(-c2cnc(N)c(C(=O)NCCCN(C)C)n2)cc1)c1ccc(F)cc1. The minimum Gasteiger partial charge on any atom is -0.382 e. The highest BCUT2D eigenvalue weighted by atomic mass is 19.1. The van der Waals surface area contributed by atoms with Crippen LogP contribution in [0.3, 0.4) is 0 Å². The lowest BCUT2D eigenvalue weighted by Crippen LogP contribution is -2.28. The first-order valence-corrected chi connectivity index (χ1v) is 14.0. The molecule has 2 aromatic heterocycles. The predicted octanol–water partition coefficient (Wildman–Crippen LogP) is 3.92. The minimum absolute atomic E-state index is 0.0569. The van der Waals surface area contributed by atoms with E-state index < -0.39 is 11.9 Å². The number of nitrogens with one attached hydrogen (secondary N) is 3. The highest BCUT2D eigenvalue weighted by Gasteiger charge is 2.18. The second-order valence-electron chi connectivity index (χ2n) is 10.4. The van der Waals surface area contributed by atoms with Gasteiger partial charge in [0.25, 0.3) is 11.8 Å². The first-order chi connectivity index (χ1) is 21.1. The van der Waals surface area contributed by atoms with Crippen molar-refractivity contribution in [2.75, 3.05) is 38.2 Å². The van der Waals surface area contributed by atoms with Gasteiger partial charge in [-0.25, -0.2) is 19.3 Å². The number of halogens is 1. The lowest BCUT2D eigenvalue weighted by Gasteiger charge is -2.16. The molecule has 0 saturated carbocycles. The van der Waals surface area contributed by atoms with Gasteiger partial charge in [0.15, 0.2) is 11.5 Å². The number of carbonyl (C=O) groups is 2. The van der Waals surface area contributed by atoms with Gasteiger partial charge in [-0.2, -0.15) is 5.26 Å². The fourth-order valence-corrected chi connectivity index (χ4v) is 4.31. The molecule has 2 amide bonds. The van der Waals surface area contributed by atoms with E-state index in [9.17, 15) is 19.2 Å². The van der Waals surface area contributed by atoms with Crippen molar-refractivity contribution >= 4 is 23.5 Å². The first-order valence-electron chi connectivity index (χ1n) is 14.0. The largest absolute Gasteiger partial charge is 0.382 e. The summed E-state index contributed by atoms with van der Waals surface area (Å²) in [6.07, 6.45) is 3.70. The maximum atomic E-state index is 13.3. The molecule has 2 aromatic carbocycles. The molecule has 0 spiro atoms. The summed E-state index contributed by atoms with van der Waals surface area (Å²) in [6, 6.07) is 16.4. The van der Waals surface area contributed by atoms with Crippen LogP contribution in [0, 0.1) is 17.1 Å². The van der Waals surface area contributed by atoms with Crippen molar-refractivity contribution in [3.63, 3.8) is 0 Å². The Kier molecular flexibility index (Phi) is 10.5. The molecule has 0 aliphatic heterocycles. The molecule has 0 bridgehead atoms. The van der Waals surface area contributed by atoms with Gasteiger partial charge < -0.3 is 26.6 Å². The van der Waals surface area contributed by atoms with Crippen molar-refractivity contribution in [2.45, 2.75) is 25.9 Å². The normalized spacial score (nSPS) is 11.5. The van der Waals surface area contributed by atoms with Crippen molar-refractivity contribution in [2.24, 2.45) is 0 Å². The monoisotopic (exact) mass is 595 g/mol. The third kappa shape index (κ3) is 8.33. The van der Waals surface area contributed by atoms with Gasteiger partial charge in [0.2, 0.25) is 0 Å². The number of hydrogen-bond acceptors (Lipinski definition) is 9. The molecular weight excluding hydrogens is 561 g/mol. The Hall–Kier alpha value is -5.41. The molecule has 226 valence electrons. The van der Waals surface area contributed by atoms with E-state index in [2.05, 4.69) is 30.9 Å². The number of pyridine rings is 1. The molecule has 44 heavy (non-hydrogen) atoms. The van der Waals surface area contributed by atoms with Gasteiger partial charge in [-0.15, -0.1) is 0 Å². The van der Waals surface area contributed by atoms with Crippen molar-refractivity contribution < 1.29 is 14.0 Å². The highest BCUT2D eigenvalue weighted by Crippen LogP contribution is 2.22. The quantitative estimate of drug-likeness (QED) is 0.178. The summed E-state index contributed by atoms with van der Waals surface area (Å²) in [5.41, 5.74) is 9.32. The van der Waals surface area contributed by atoms with E-state index in [0.29, 0.717) is 24.6 Å². The minimum atomic E-state index is -0.427. The third-order valence-corrected chi connectivity index (χ3v) is 6.77. The van der Waals surface area contributed by atoms with E-state index in [0.717, 1.165) is 29.7 Å². The number of nitrogens with zero attached hydrogens (tertiary/aromatic N) is 5. The van der Waals surface area contributed by atoms with Gasteiger partial charge in [-0.05, 0) is 63.3 Å². The molecule has 0 saturated heterocycles. The van der Waals surface area contributed by atoms with E-state index in [1.807, 2.05) is 49.3 Å². The van der Waals surface area contributed by atoms with E-state index in [1.54, 1.807) is 19.1 Å². The summed E-state index contributed by atoms with van der Waals surface area (Å²) in [5.74, 6) is -0.802. The number of nitrogens with two attached hydrogens (primary N) is 1. The summed E-state index contributed by atoms with van der Waals surface area (Å²) in [7, 11) is 3.94. The van der Waals surface area contributed by atoms with Crippen LogP contribution >= 0.6 is 0 Å². The van der Waals surface area contributed by atoms with Crippen LogP contribution in [-0.4, -0.2) is 58.9 Å². The Bertz CT molecular complexity index is 1650. The molecule has 1 atom stereocenters. The summed E-state index contributed by atoms with van der Waals surface area (Å²) < 4.78 is 13.3. The topological polar surface area (TPSA) is 162 Å². The second kappa shape index (κ2) is 14.7. The fraction of sp³-hybridized carbons (Fsp3) is 0.250. The number of nitrogen functional groups attached to an aromatic ring is 1. The Labute approximate surface area is 255 Å². The molecule has 12 heteroatoms. The van der Waals surface area contributed by atoms with Crippen LogP contribution in [0.15, 0.2) is 67.0 Å². The van der Waals surface area contributed by atoms with Crippen molar-refractivity contribution in [3.8, 4) is 17.3 Å². The molecule has 5 N–H and O–H groups in total. The number of rotatable bonds is 12. The number of aromatic nitrogens is 3. The van der Waals surface area contributed by atoms with Crippen molar-refractivity contribution in [1.82, 2.24) is 30.5 Å². The fourth-order valence-electron chi connectivity index (χ4n) is 4.31. The Morgan fingerprint density at radius 2 is 1.77 bits per heavy atom. The predicted molar refractivity (Wildman–Crippen MR) is 166 cm³/mol. The molecule has 0 aliphatic carbocycles. The zero-order chi connectivity index (χ0) is 31.6. The Balaban J connectivity index is 1.43. The van der Waals surface area contributed by atoms with Gasteiger partial charge in [-0.3, -0.25) is 9.59 Å². The van der Waals surface area contributed by atoms with E-state index in [-0.39, 0.29) is 34.4 Å². The zero-order valence-corrected chi connectivity index (χ0v) is 24.8. The summed E-state index contributed by atoms with van der Waals surface area (Å²) in [5, 5.41) is 18.2. The number of benzene rings is 2. The summed E-state index contributed by atoms with van der Waals surface area (Å²) in [6.45, 7) is 3.46. The highest BCUT2D eigenvalue weighted by molar-refractivity contribution is 5.99. The third-order valence-electron chi connectivity index (χ3n) is 6.77. The lowest BCUT2D eigenvalue weighted by atomic mass is 10.1. The summed E-state index contributed by atoms with van der Waals surface area (Å²) in [4.78, 5) is 40.8. The average Bonchev–Trinajstić information content (AvgIpc) is 3.02. The summed E-state index contributed by atoms with van der Waals surface area (Å²) >= 11 is 0. The van der Waals surface area contributed by atoms with E-state index in [4.69, 9.17) is 5.73 Å². The van der Waals surface area contributed by atoms with Crippen LogP contribution in [0.1, 0.15) is 56.9 Å². The molecule has 1 unspecified atom stereocenters. The maximum Gasteiger partial charge on any atom is 0.273 e. The van der Waals surface area contributed by atoms with Gasteiger partial charge in [-0.1, -0.05) is 36.4 Å². The van der Waals surface area contributed by atoms with Crippen LogP contribution in [0.5, 0.6) is 0 Å². The number of amides is 2. The average molecular weight is 596 g/mol. The standard InChI is InChI=1S/C32H34FN9O2/c1-20(23-9-11-25(33)12-10-23)40-31(43)26-15-22(16-34)18-39-30(26)38-17-21-5-7-24(8-6-21)27-19-37-29(35)28(41-27)32(44)36-13-4-14-42(2)3/h5-12,15,18-20H,4,13-14,17H2,1-3H3,(H2,35,37)(H,36,44)(H,38,39)(H,40,43). The first kappa shape index (κ1) is 31.5. The van der Waals surface area contributed by atoms with Crippen LogP contribution in [0.4, 0.5) is 16.0 Å². The molecular formula is C32H34FN9O2. The Morgan fingerprint density at radius 1 is 1.05 bits per heavy atom. The number of carbonyl (C=O) groups excluding carboxylic acids is 2. The number of nitriles is 1. The molecule has 4 rings (SSSR count). The van der Waals surface area contributed by atoms with Gasteiger partial charge in [0.1, 0.15) is 17.7 Å². The van der Waals surface area contributed by atoms with Crippen LogP contribution < -0.4 is 21.7 Å². The van der Waals surface area contributed by atoms with Crippen molar-refractivity contribution in [3.05, 3.63) is 101 Å². The van der Waals surface area contributed by atoms with Crippen LogP contribution in [0.25, 0.3) is 11.3 Å². The Morgan fingerprint density at radius 3 is 2.45 bits per heavy atom. The van der Waals surface area contributed by atoms with E-state index in [1.165, 1.54) is 30.6 Å². The molecule has 0 radical (unpaired) electrons. The molecule has 0 aliphatic rings. The van der Waals surface area contributed by atoms with Gasteiger partial charge in [0, 0.05) is 24.8 Å². The molecule has 2 heterocycles. The van der Waals surface area contributed by atoms with Crippen molar-refractivity contribution in [1.29, 1.82) is 5.26 Å². The second-order valence-corrected chi connectivity index (χ2v) is 10.4. The maximum absolute atomic E-state index is 13.3. The van der Waals surface area contributed by atoms with Crippen LogP contribution in [-0.2, 0) is 6.54 Å². The zero-order valence-electron chi connectivity index (χ0n) is 24.8.